The zero-order chi connectivity index (χ0) is 8.44. The SMILES string of the molecule is NCC1(CN2CCCC2)CCC1. The van der Waals surface area contributed by atoms with Gasteiger partial charge in [0.15, 0.2) is 0 Å². The Morgan fingerprint density at radius 3 is 2.17 bits per heavy atom. The van der Waals surface area contributed by atoms with Crippen LogP contribution in [0.5, 0.6) is 0 Å². The monoisotopic (exact) mass is 168 g/mol. The zero-order valence-electron chi connectivity index (χ0n) is 7.89. The van der Waals surface area contributed by atoms with Crippen LogP contribution in [0.15, 0.2) is 0 Å². The first kappa shape index (κ1) is 8.52. The molecule has 1 saturated carbocycles. The minimum absolute atomic E-state index is 0.532. The largest absolute Gasteiger partial charge is 0.330 e. The van der Waals surface area contributed by atoms with E-state index in [-0.39, 0.29) is 0 Å². The van der Waals surface area contributed by atoms with Crippen LogP contribution in [0.25, 0.3) is 0 Å². The molecule has 1 saturated heterocycles. The van der Waals surface area contributed by atoms with E-state index in [1.165, 1.54) is 51.7 Å². The van der Waals surface area contributed by atoms with Crippen LogP contribution in [0.1, 0.15) is 32.1 Å². The molecule has 2 nitrogen and oxygen atoms in total. The van der Waals surface area contributed by atoms with Gasteiger partial charge in [0.1, 0.15) is 0 Å². The molecule has 12 heavy (non-hydrogen) atoms. The predicted molar refractivity (Wildman–Crippen MR) is 51.0 cm³/mol. The summed E-state index contributed by atoms with van der Waals surface area (Å²) in [6.07, 6.45) is 6.96. The van der Waals surface area contributed by atoms with Gasteiger partial charge in [0, 0.05) is 6.54 Å². The third-order valence-corrected chi connectivity index (χ3v) is 3.60. The van der Waals surface area contributed by atoms with E-state index in [4.69, 9.17) is 5.73 Å². The van der Waals surface area contributed by atoms with E-state index in [1.807, 2.05) is 0 Å². The van der Waals surface area contributed by atoms with Gasteiger partial charge in [-0.1, -0.05) is 6.42 Å². The standard InChI is InChI=1S/C10H20N2/c11-8-10(4-3-5-10)9-12-6-1-2-7-12/h1-9,11H2. The van der Waals surface area contributed by atoms with Gasteiger partial charge in [-0.2, -0.15) is 0 Å². The maximum absolute atomic E-state index is 5.82. The molecule has 2 fully saturated rings. The Morgan fingerprint density at radius 1 is 1.08 bits per heavy atom. The van der Waals surface area contributed by atoms with Gasteiger partial charge in [0.25, 0.3) is 0 Å². The van der Waals surface area contributed by atoms with Gasteiger partial charge in [0.05, 0.1) is 0 Å². The van der Waals surface area contributed by atoms with E-state index in [2.05, 4.69) is 4.90 Å². The highest BCUT2D eigenvalue weighted by molar-refractivity contribution is 4.91. The Hall–Kier alpha value is -0.0800. The van der Waals surface area contributed by atoms with Crippen LogP contribution < -0.4 is 5.73 Å². The summed E-state index contributed by atoms with van der Waals surface area (Å²) in [6.45, 7) is 4.83. The summed E-state index contributed by atoms with van der Waals surface area (Å²) in [6, 6.07) is 0. The first-order chi connectivity index (χ1) is 5.85. The van der Waals surface area contributed by atoms with Crippen LogP contribution in [0.4, 0.5) is 0 Å². The lowest BCUT2D eigenvalue weighted by molar-refractivity contribution is 0.0869. The second-order valence-electron chi connectivity index (χ2n) is 4.54. The van der Waals surface area contributed by atoms with Gasteiger partial charge < -0.3 is 10.6 Å². The fourth-order valence-electron chi connectivity index (χ4n) is 2.52. The van der Waals surface area contributed by atoms with Gasteiger partial charge in [0.2, 0.25) is 0 Å². The van der Waals surface area contributed by atoms with Crippen LogP contribution in [-0.4, -0.2) is 31.1 Å². The number of hydrogen-bond donors (Lipinski definition) is 1. The Morgan fingerprint density at radius 2 is 1.75 bits per heavy atom. The summed E-state index contributed by atoms with van der Waals surface area (Å²) in [5.74, 6) is 0. The highest BCUT2D eigenvalue weighted by Crippen LogP contribution is 2.40. The number of nitrogens with two attached hydrogens (primary N) is 1. The quantitative estimate of drug-likeness (QED) is 0.686. The first-order valence-corrected chi connectivity index (χ1v) is 5.27. The van der Waals surface area contributed by atoms with Crippen LogP contribution in [-0.2, 0) is 0 Å². The lowest BCUT2D eigenvalue weighted by Gasteiger charge is -2.43. The molecule has 0 atom stereocenters. The van der Waals surface area contributed by atoms with E-state index < -0.39 is 0 Å². The molecule has 0 spiro atoms. The summed E-state index contributed by atoms with van der Waals surface area (Å²) >= 11 is 0. The van der Waals surface area contributed by atoms with E-state index in [9.17, 15) is 0 Å². The molecule has 0 amide bonds. The molecule has 2 aliphatic rings. The van der Waals surface area contributed by atoms with Gasteiger partial charge in [-0.15, -0.1) is 0 Å². The maximum Gasteiger partial charge on any atom is 0.00501 e. The molecule has 0 aromatic heterocycles. The fourth-order valence-corrected chi connectivity index (χ4v) is 2.52. The number of rotatable bonds is 3. The fraction of sp³-hybridized carbons (Fsp3) is 1.00. The van der Waals surface area contributed by atoms with Crippen molar-refractivity contribution in [1.29, 1.82) is 0 Å². The predicted octanol–water partition coefficient (Wildman–Crippen LogP) is 1.21. The molecular formula is C10H20N2. The molecule has 0 unspecified atom stereocenters. The van der Waals surface area contributed by atoms with Crippen molar-refractivity contribution in [3.63, 3.8) is 0 Å². The summed E-state index contributed by atoms with van der Waals surface area (Å²) < 4.78 is 0. The van der Waals surface area contributed by atoms with Crippen molar-refractivity contribution in [2.24, 2.45) is 11.1 Å². The zero-order valence-corrected chi connectivity index (χ0v) is 7.89. The number of hydrogen-bond acceptors (Lipinski definition) is 2. The van der Waals surface area contributed by atoms with Crippen molar-refractivity contribution in [3.8, 4) is 0 Å². The van der Waals surface area contributed by atoms with Crippen molar-refractivity contribution in [2.45, 2.75) is 32.1 Å². The summed E-state index contributed by atoms with van der Waals surface area (Å²) in [7, 11) is 0. The molecule has 1 aliphatic heterocycles. The smallest absolute Gasteiger partial charge is 0.00501 e. The van der Waals surface area contributed by atoms with E-state index in [1.54, 1.807) is 0 Å². The highest BCUT2D eigenvalue weighted by atomic mass is 15.1. The van der Waals surface area contributed by atoms with Crippen LogP contribution in [0.2, 0.25) is 0 Å². The average molecular weight is 168 g/mol. The molecular weight excluding hydrogens is 148 g/mol. The second kappa shape index (κ2) is 3.35. The van der Waals surface area contributed by atoms with Crippen molar-refractivity contribution in [1.82, 2.24) is 4.90 Å². The van der Waals surface area contributed by atoms with Crippen molar-refractivity contribution in [2.75, 3.05) is 26.2 Å². The van der Waals surface area contributed by atoms with Crippen LogP contribution in [0.3, 0.4) is 0 Å². The van der Waals surface area contributed by atoms with Crippen LogP contribution >= 0.6 is 0 Å². The molecule has 1 aliphatic carbocycles. The van der Waals surface area contributed by atoms with Gasteiger partial charge in [-0.3, -0.25) is 0 Å². The molecule has 0 aromatic carbocycles. The van der Waals surface area contributed by atoms with Gasteiger partial charge in [-0.25, -0.2) is 0 Å². The molecule has 2 heteroatoms. The average Bonchev–Trinajstić information content (AvgIpc) is 2.49. The topological polar surface area (TPSA) is 29.3 Å². The second-order valence-corrected chi connectivity index (χ2v) is 4.54. The Labute approximate surface area is 75.1 Å². The molecule has 70 valence electrons. The number of nitrogens with zero attached hydrogens (tertiary/aromatic N) is 1. The third-order valence-electron chi connectivity index (χ3n) is 3.60. The van der Waals surface area contributed by atoms with Gasteiger partial charge in [-0.05, 0) is 50.7 Å². The minimum atomic E-state index is 0.532. The molecule has 0 aromatic rings. The van der Waals surface area contributed by atoms with Crippen molar-refractivity contribution in [3.05, 3.63) is 0 Å². The highest BCUT2D eigenvalue weighted by Gasteiger charge is 2.37. The Bertz CT molecular complexity index is 140. The lowest BCUT2D eigenvalue weighted by Crippen LogP contribution is -2.46. The maximum atomic E-state index is 5.82. The summed E-state index contributed by atoms with van der Waals surface area (Å²) in [5.41, 5.74) is 6.35. The Balaban J connectivity index is 1.83. The summed E-state index contributed by atoms with van der Waals surface area (Å²) in [5, 5.41) is 0. The lowest BCUT2D eigenvalue weighted by atomic mass is 9.68. The van der Waals surface area contributed by atoms with Gasteiger partial charge >= 0.3 is 0 Å². The van der Waals surface area contributed by atoms with E-state index in [0.29, 0.717) is 5.41 Å². The number of likely N-dealkylation sites (tertiary alicyclic amines) is 1. The normalized spacial score (nSPS) is 28.8. The van der Waals surface area contributed by atoms with Crippen molar-refractivity contribution >= 4 is 0 Å². The molecule has 1 heterocycles. The molecule has 2 N–H and O–H groups in total. The van der Waals surface area contributed by atoms with E-state index >= 15 is 0 Å². The van der Waals surface area contributed by atoms with E-state index in [0.717, 1.165) is 6.54 Å². The van der Waals surface area contributed by atoms with Crippen molar-refractivity contribution < 1.29 is 0 Å². The van der Waals surface area contributed by atoms with Crippen LogP contribution in [0, 0.1) is 5.41 Å². The molecule has 0 bridgehead atoms. The third kappa shape index (κ3) is 1.50. The molecule has 2 rings (SSSR count). The molecule has 0 radical (unpaired) electrons. The Kier molecular flexibility index (Phi) is 2.37. The first-order valence-electron chi connectivity index (χ1n) is 5.27. The minimum Gasteiger partial charge on any atom is -0.330 e. The summed E-state index contributed by atoms with van der Waals surface area (Å²) in [4.78, 5) is 2.60.